The molecule has 0 spiro atoms. The molecule has 0 aliphatic heterocycles. The van der Waals surface area contributed by atoms with Gasteiger partial charge < -0.3 is 9.84 Å². The molecule has 0 saturated heterocycles. The van der Waals surface area contributed by atoms with Crippen molar-refractivity contribution in [1.82, 2.24) is 9.97 Å². The van der Waals surface area contributed by atoms with Crippen molar-refractivity contribution >= 4 is 18.1 Å². The van der Waals surface area contributed by atoms with Crippen molar-refractivity contribution in [2.45, 2.75) is 6.92 Å². The van der Waals surface area contributed by atoms with Crippen molar-refractivity contribution < 1.29 is 9.84 Å². The molecule has 1 aliphatic rings. The minimum atomic E-state index is -0.412. The smallest absolute Gasteiger partial charge is 0.0938 e. The standard InChI is InChI=1S/C22H18N2O2/c1-2-26-22(25)21-19(15-7-4-3-5-8-15)17-9-6-10-18(17)20(24-21)16-11-13-23-14-12-16/h3-14,25H,2H2,1H3/p-1/b22-21-. The quantitative estimate of drug-likeness (QED) is 0.729. The number of ether oxygens (including phenoxy) is 1. The normalized spacial score (nSPS) is 13.1. The van der Waals surface area contributed by atoms with Crippen LogP contribution in [0.25, 0.3) is 40.5 Å². The Labute approximate surface area is 151 Å². The van der Waals surface area contributed by atoms with Crippen LogP contribution >= 0.6 is 0 Å². The lowest BCUT2D eigenvalue weighted by molar-refractivity contribution is -0.291. The lowest BCUT2D eigenvalue weighted by Crippen LogP contribution is -2.29. The van der Waals surface area contributed by atoms with Crippen molar-refractivity contribution in [1.29, 1.82) is 0 Å². The highest BCUT2D eigenvalue weighted by Crippen LogP contribution is 2.23. The molecular weight excluding hydrogens is 324 g/mol. The van der Waals surface area contributed by atoms with Gasteiger partial charge in [-0.05, 0) is 29.9 Å². The highest BCUT2D eigenvalue weighted by molar-refractivity contribution is 5.84. The maximum absolute atomic E-state index is 12.7. The SMILES string of the molecule is CCO/C([O-])=c1\nc(-c2ccncc2)c2c(c1-c1ccccc1)C=CC=2. The predicted octanol–water partition coefficient (Wildman–Crippen LogP) is 2.08. The summed E-state index contributed by atoms with van der Waals surface area (Å²) in [6.45, 7) is 2.10. The van der Waals surface area contributed by atoms with E-state index in [1.54, 1.807) is 19.3 Å². The van der Waals surface area contributed by atoms with Gasteiger partial charge in [0.1, 0.15) is 0 Å². The molecule has 0 radical (unpaired) electrons. The summed E-state index contributed by atoms with van der Waals surface area (Å²) < 4.78 is 5.29. The zero-order valence-electron chi connectivity index (χ0n) is 14.3. The number of nitrogens with zero attached hydrogens (tertiary/aromatic N) is 2. The fourth-order valence-corrected chi connectivity index (χ4v) is 3.17. The van der Waals surface area contributed by atoms with Crippen molar-refractivity contribution in [3.05, 3.63) is 77.1 Å². The predicted molar refractivity (Wildman–Crippen MR) is 101 cm³/mol. The summed E-state index contributed by atoms with van der Waals surface area (Å²) in [5, 5.41) is 14.0. The second kappa shape index (κ2) is 6.84. The molecule has 26 heavy (non-hydrogen) atoms. The van der Waals surface area contributed by atoms with E-state index in [0.29, 0.717) is 12.0 Å². The van der Waals surface area contributed by atoms with Gasteiger partial charge in [0.25, 0.3) is 0 Å². The van der Waals surface area contributed by atoms with Crippen LogP contribution in [0.3, 0.4) is 0 Å². The number of fused-ring (bicyclic) bond motifs is 1. The number of benzene rings is 1. The summed E-state index contributed by atoms with van der Waals surface area (Å²) in [6.07, 6.45) is 9.48. The number of pyridine rings is 2. The van der Waals surface area contributed by atoms with Crippen molar-refractivity contribution in [2.24, 2.45) is 0 Å². The maximum Gasteiger partial charge on any atom is 0.0938 e. The molecule has 4 heteroatoms. The molecule has 0 fully saturated rings. The van der Waals surface area contributed by atoms with E-state index in [2.05, 4.69) is 4.98 Å². The summed E-state index contributed by atoms with van der Waals surface area (Å²) in [5.74, 6) is -0.412. The minimum Gasteiger partial charge on any atom is -0.612 e. The van der Waals surface area contributed by atoms with Crippen LogP contribution in [-0.2, 0) is 4.74 Å². The Morgan fingerprint density at radius 1 is 1.04 bits per heavy atom. The second-order valence-corrected chi connectivity index (χ2v) is 5.86. The summed E-state index contributed by atoms with van der Waals surface area (Å²) in [7, 11) is 0. The monoisotopic (exact) mass is 341 g/mol. The summed E-state index contributed by atoms with van der Waals surface area (Å²) >= 11 is 0. The Morgan fingerprint density at radius 3 is 2.54 bits per heavy atom. The van der Waals surface area contributed by atoms with Crippen LogP contribution in [0.15, 0.2) is 60.9 Å². The van der Waals surface area contributed by atoms with Crippen LogP contribution in [0, 0.1) is 0 Å². The van der Waals surface area contributed by atoms with Crippen LogP contribution in [0.2, 0.25) is 0 Å². The fourth-order valence-electron chi connectivity index (χ4n) is 3.17. The van der Waals surface area contributed by atoms with E-state index >= 15 is 0 Å². The third kappa shape index (κ3) is 2.75. The first kappa shape index (κ1) is 16.1. The fraction of sp³-hybridized carbons (Fsp3) is 0.0909. The van der Waals surface area contributed by atoms with E-state index in [1.807, 2.05) is 60.7 Å². The molecule has 2 aromatic heterocycles. The zero-order chi connectivity index (χ0) is 17.9. The van der Waals surface area contributed by atoms with Gasteiger partial charge in [-0.3, -0.25) is 4.98 Å². The molecule has 2 heterocycles. The third-order valence-corrected chi connectivity index (χ3v) is 4.29. The van der Waals surface area contributed by atoms with Gasteiger partial charge >= 0.3 is 0 Å². The summed E-state index contributed by atoms with van der Waals surface area (Å²) in [6, 6.07) is 13.6. The van der Waals surface area contributed by atoms with Crippen molar-refractivity contribution in [3.8, 4) is 22.4 Å². The van der Waals surface area contributed by atoms with Gasteiger partial charge in [-0.2, -0.15) is 0 Å². The lowest BCUT2D eigenvalue weighted by Gasteiger charge is -2.17. The second-order valence-electron chi connectivity index (χ2n) is 5.86. The molecule has 128 valence electrons. The Hall–Kier alpha value is -3.40. The first-order valence-corrected chi connectivity index (χ1v) is 8.52. The van der Waals surface area contributed by atoms with Crippen molar-refractivity contribution in [2.75, 3.05) is 6.61 Å². The van der Waals surface area contributed by atoms with Crippen LogP contribution in [0.5, 0.6) is 0 Å². The highest BCUT2D eigenvalue weighted by atomic mass is 16.6. The van der Waals surface area contributed by atoms with Gasteiger partial charge in [-0.1, -0.05) is 55.5 Å². The molecule has 0 N–H and O–H groups in total. The number of allylic oxidation sites excluding steroid dienone is 1. The van der Waals surface area contributed by atoms with Crippen LogP contribution < -0.4 is 15.7 Å². The number of rotatable bonds is 4. The molecule has 1 aromatic carbocycles. The largest absolute Gasteiger partial charge is 0.612 e. The molecular formula is C22H17N2O2-. The van der Waals surface area contributed by atoms with Gasteiger partial charge in [0.15, 0.2) is 0 Å². The first-order valence-electron chi connectivity index (χ1n) is 8.52. The molecule has 1 aliphatic carbocycles. The highest BCUT2D eigenvalue weighted by Gasteiger charge is 2.16. The number of hydrogen-bond donors (Lipinski definition) is 0. The molecule has 3 aromatic rings. The Bertz CT molecular complexity index is 1090. The molecule has 0 amide bonds. The minimum absolute atomic E-state index is 0.304. The summed E-state index contributed by atoms with van der Waals surface area (Å²) in [5.41, 5.74) is 4.42. The van der Waals surface area contributed by atoms with E-state index in [1.165, 1.54) is 0 Å². The third-order valence-electron chi connectivity index (χ3n) is 4.29. The van der Waals surface area contributed by atoms with Crippen LogP contribution in [0.1, 0.15) is 12.5 Å². The zero-order valence-corrected chi connectivity index (χ0v) is 14.3. The average molecular weight is 341 g/mol. The Kier molecular flexibility index (Phi) is 4.23. The molecule has 4 rings (SSSR count). The maximum atomic E-state index is 12.7. The van der Waals surface area contributed by atoms with Gasteiger partial charge in [0, 0.05) is 28.7 Å². The van der Waals surface area contributed by atoms with Gasteiger partial charge in [-0.25, -0.2) is 4.98 Å². The molecule has 0 atom stereocenters. The molecule has 0 unspecified atom stereocenters. The lowest BCUT2D eigenvalue weighted by atomic mass is 9.97. The van der Waals surface area contributed by atoms with Gasteiger partial charge in [-0.15, -0.1) is 0 Å². The molecule has 4 nitrogen and oxygen atoms in total. The number of aromatic nitrogens is 2. The molecule has 0 bridgehead atoms. The van der Waals surface area contributed by atoms with Gasteiger partial charge in [0.2, 0.25) is 0 Å². The average Bonchev–Trinajstić information content (AvgIpc) is 3.18. The first-order chi connectivity index (χ1) is 12.8. The molecule has 0 saturated carbocycles. The van der Waals surface area contributed by atoms with E-state index in [-0.39, 0.29) is 0 Å². The topological polar surface area (TPSA) is 58.1 Å². The summed E-state index contributed by atoms with van der Waals surface area (Å²) in [4.78, 5) is 8.81. The number of hydrogen-bond acceptors (Lipinski definition) is 4. The van der Waals surface area contributed by atoms with Crippen LogP contribution in [0.4, 0.5) is 0 Å². The van der Waals surface area contributed by atoms with E-state index in [4.69, 9.17) is 9.72 Å². The van der Waals surface area contributed by atoms with E-state index in [0.717, 1.165) is 33.2 Å². The van der Waals surface area contributed by atoms with E-state index < -0.39 is 5.95 Å². The van der Waals surface area contributed by atoms with Gasteiger partial charge in [0.05, 0.1) is 17.0 Å². The Balaban J connectivity index is 2.12. The van der Waals surface area contributed by atoms with Crippen LogP contribution in [-0.4, -0.2) is 16.6 Å². The Morgan fingerprint density at radius 2 is 1.81 bits per heavy atom. The van der Waals surface area contributed by atoms with Crippen molar-refractivity contribution in [3.63, 3.8) is 0 Å². The van der Waals surface area contributed by atoms with E-state index in [9.17, 15) is 5.11 Å².